The van der Waals surface area contributed by atoms with Crippen LogP contribution in [0.2, 0.25) is 5.02 Å². The Balaban J connectivity index is 1.72. The molecule has 208 valence electrons. The average molecular weight is 574 g/mol. The quantitative estimate of drug-likeness (QED) is 0.467. The van der Waals surface area contributed by atoms with Gasteiger partial charge in [0, 0.05) is 31.5 Å². The third-order valence-electron chi connectivity index (χ3n) is 5.97. The molecule has 0 spiro atoms. The van der Waals surface area contributed by atoms with Gasteiger partial charge in [0.1, 0.15) is 12.2 Å². The van der Waals surface area contributed by atoms with Crippen molar-refractivity contribution in [1.29, 1.82) is 0 Å². The first-order valence-corrected chi connectivity index (χ1v) is 12.1. The molecule has 0 unspecified atom stereocenters. The summed E-state index contributed by atoms with van der Waals surface area (Å²) < 4.78 is 114. The van der Waals surface area contributed by atoms with Crippen molar-refractivity contribution in [3.05, 3.63) is 56.7 Å². The summed E-state index contributed by atoms with van der Waals surface area (Å²) in [5.74, 6) is -1.12. The van der Waals surface area contributed by atoms with E-state index in [1.807, 2.05) is 0 Å². The molecule has 5 rings (SSSR count). The maximum atomic E-state index is 14.1. The van der Waals surface area contributed by atoms with Gasteiger partial charge in [-0.3, -0.25) is 9.59 Å². The lowest BCUT2D eigenvalue weighted by molar-refractivity contribution is -0.137. The zero-order chi connectivity index (χ0) is 34.9. The number of rotatable bonds is 6. The van der Waals surface area contributed by atoms with Crippen LogP contribution in [0.4, 0.5) is 24.5 Å². The third-order valence-corrected chi connectivity index (χ3v) is 6.28. The molecular formula is C25H27ClF3N7O3. The molecule has 0 aliphatic carbocycles. The molecule has 0 radical (unpaired) electrons. The lowest BCUT2D eigenvalue weighted by Gasteiger charge is -2.31. The molecule has 14 heteroatoms. The van der Waals surface area contributed by atoms with Crippen molar-refractivity contribution >= 4 is 40.2 Å². The van der Waals surface area contributed by atoms with Gasteiger partial charge in [0.05, 0.1) is 40.7 Å². The number of alkyl halides is 3. The Labute approximate surface area is 237 Å². The zero-order valence-corrected chi connectivity index (χ0v) is 21.1. The predicted octanol–water partition coefficient (Wildman–Crippen LogP) is 2.98. The molecule has 1 aromatic carbocycles. The number of ether oxygens (including phenoxy) is 1. The van der Waals surface area contributed by atoms with Gasteiger partial charge in [-0.2, -0.15) is 22.7 Å². The zero-order valence-electron chi connectivity index (χ0n) is 28.3. The summed E-state index contributed by atoms with van der Waals surface area (Å²) in [4.78, 5) is 32.1. The van der Waals surface area contributed by atoms with Crippen molar-refractivity contribution in [3.63, 3.8) is 0 Å². The molecule has 2 N–H and O–H groups in total. The predicted molar refractivity (Wildman–Crippen MR) is 140 cm³/mol. The van der Waals surface area contributed by atoms with E-state index in [2.05, 4.69) is 15.4 Å². The molecule has 1 fully saturated rings. The maximum absolute atomic E-state index is 14.1. The number of nitrogens with zero attached hydrogens (tertiary/aromatic N) is 5. The molecule has 1 saturated heterocycles. The number of piperazine rings is 1. The van der Waals surface area contributed by atoms with Crippen molar-refractivity contribution in [3.8, 4) is 0 Å². The molecule has 2 aliphatic heterocycles. The fourth-order valence-corrected chi connectivity index (χ4v) is 4.40. The van der Waals surface area contributed by atoms with E-state index >= 15 is 0 Å². The van der Waals surface area contributed by atoms with Crippen molar-refractivity contribution in [2.75, 3.05) is 49.4 Å². The molecule has 0 saturated carbocycles. The topological polar surface area (TPSA) is 106 Å². The number of benzene rings is 1. The highest BCUT2D eigenvalue weighted by Crippen LogP contribution is 2.34. The monoisotopic (exact) mass is 573 g/mol. The van der Waals surface area contributed by atoms with E-state index in [9.17, 15) is 22.8 Å². The number of carbonyl (C=O) groups is 1. The number of nitrogens with one attached hydrogen (secondary N) is 2. The number of hydrogen-bond acceptors (Lipinski definition) is 7. The molecular weight excluding hydrogens is 539 g/mol. The molecule has 2 aromatic heterocycles. The summed E-state index contributed by atoms with van der Waals surface area (Å²) in [5, 5.41) is 7.91. The highest BCUT2D eigenvalue weighted by atomic mass is 35.5. The number of halogens is 4. The number of aromatic nitrogens is 4. The van der Waals surface area contributed by atoms with Gasteiger partial charge in [0.25, 0.3) is 5.56 Å². The second kappa shape index (κ2) is 11.0. The van der Waals surface area contributed by atoms with Crippen molar-refractivity contribution in [2.45, 2.75) is 32.5 Å². The van der Waals surface area contributed by atoms with Crippen LogP contribution in [0, 0.1) is 0 Å². The van der Waals surface area contributed by atoms with Crippen LogP contribution in [0.1, 0.15) is 41.4 Å². The molecule has 0 atom stereocenters. The third kappa shape index (κ3) is 5.52. The van der Waals surface area contributed by atoms with Crippen LogP contribution in [0.3, 0.4) is 0 Å². The Morgan fingerprint density at radius 1 is 1.31 bits per heavy atom. The fourth-order valence-electron chi connectivity index (χ4n) is 4.17. The van der Waals surface area contributed by atoms with Crippen LogP contribution in [-0.2, 0) is 28.7 Å². The van der Waals surface area contributed by atoms with Crippen LogP contribution in [0.5, 0.6) is 0 Å². The van der Waals surface area contributed by atoms with E-state index in [-0.39, 0.29) is 40.9 Å². The van der Waals surface area contributed by atoms with E-state index in [4.69, 9.17) is 27.3 Å². The van der Waals surface area contributed by atoms with E-state index in [1.54, 1.807) is 11.4 Å². The summed E-state index contributed by atoms with van der Waals surface area (Å²) in [7, 11) is 0. The number of fused-ring (bicyclic) bond motifs is 1. The van der Waals surface area contributed by atoms with Gasteiger partial charge in [0.15, 0.2) is 5.82 Å². The summed E-state index contributed by atoms with van der Waals surface area (Å²) in [5.41, 5.74) is -2.93. The average Bonchev–Trinajstić information content (AvgIpc) is 3.41. The summed E-state index contributed by atoms with van der Waals surface area (Å²) in [6, 6.07) is 2.27. The van der Waals surface area contributed by atoms with Crippen LogP contribution >= 0.6 is 11.6 Å². The van der Waals surface area contributed by atoms with Crippen molar-refractivity contribution in [1.82, 2.24) is 24.5 Å². The first-order valence-electron chi connectivity index (χ1n) is 15.7. The maximum Gasteiger partial charge on any atom is 0.416 e. The smallest absolute Gasteiger partial charge is 0.377 e. The minimum absolute atomic E-state index is 0.0292. The van der Waals surface area contributed by atoms with Gasteiger partial charge < -0.3 is 24.8 Å². The van der Waals surface area contributed by atoms with E-state index < -0.39 is 66.4 Å². The Morgan fingerprint density at radius 3 is 2.72 bits per heavy atom. The first kappa shape index (κ1) is 18.8. The van der Waals surface area contributed by atoms with Crippen LogP contribution < -0.4 is 21.1 Å². The van der Waals surface area contributed by atoms with Crippen LogP contribution in [0.15, 0.2) is 29.1 Å². The van der Waals surface area contributed by atoms with Crippen LogP contribution in [-0.4, -0.2) is 64.3 Å². The van der Waals surface area contributed by atoms with Gasteiger partial charge in [-0.1, -0.05) is 24.6 Å². The summed E-state index contributed by atoms with van der Waals surface area (Å²) >= 11 is 6.02. The van der Waals surface area contributed by atoms with Crippen LogP contribution in [0.25, 0.3) is 11.4 Å². The molecule has 39 heavy (non-hydrogen) atoms. The van der Waals surface area contributed by atoms with Gasteiger partial charge in [-0.25, -0.2) is 0 Å². The molecule has 1 amide bonds. The van der Waals surface area contributed by atoms with Crippen molar-refractivity contribution in [2.24, 2.45) is 0 Å². The highest BCUT2D eigenvalue weighted by molar-refractivity contribution is 6.33. The molecule has 4 heterocycles. The standard InChI is InChI=1S/C25H27ClF3N7O3/c1-2-19-21(34-9-7-30-8-10-34)23(38)36-24(32-22(33-36)15-5-11-39-12-6-15)35(19)14-20(37)31-18-4-3-16(13-17(18)26)25(27,28)29/h3-5,13,30H,2,6-12,14H2,1H3,(H,31,37)/i7D2,8D2,9D2,10D2. The molecule has 3 aromatic rings. The normalized spacial score (nSPS) is 24.6. The SMILES string of the molecule is [2H]C1([2H])NC([2H])([2H])C([2H])([2H])N(c2c(CC)n(CC(=O)Nc3ccc(C(F)(F)F)cc3Cl)c3nc(C4=CCOCC4)nn3c2=O)C1([2H])[2H]. The Hall–Kier alpha value is -3.42. The lowest BCUT2D eigenvalue weighted by Crippen LogP contribution is -2.47. The Bertz CT molecular complexity index is 1820. The minimum Gasteiger partial charge on any atom is -0.377 e. The first-order chi connectivity index (χ1) is 21.6. The minimum atomic E-state index is -4.70. The fraction of sp³-hybridized carbons (Fsp3) is 0.440. The van der Waals surface area contributed by atoms with E-state index in [1.165, 1.54) is 6.92 Å². The van der Waals surface area contributed by atoms with E-state index in [0.29, 0.717) is 35.2 Å². The Morgan fingerprint density at radius 2 is 2.08 bits per heavy atom. The number of anilines is 2. The van der Waals surface area contributed by atoms with Gasteiger partial charge in [-0.15, -0.1) is 5.10 Å². The Kier molecular flexibility index (Phi) is 5.29. The van der Waals surface area contributed by atoms with Gasteiger partial charge in [0.2, 0.25) is 11.7 Å². The molecule has 0 bridgehead atoms. The number of hydrogen-bond donors (Lipinski definition) is 2. The highest BCUT2D eigenvalue weighted by Gasteiger charge is 2.31. The molecule has 10 nitrogen and oxygen atoms in total. The number of carbonyl (C=O) groups excluding carboxylic acids is 1. The molecule has 2 aliphatic rings. The van der Waals surface area contributed by atoms with Gasteiger partial charge in [-0.05, 0) is 36.6 Å². The van der Waals surface area contributed by atoms with E-state index in [0.717, 1.165) is 10.6 Å². The lowest BCUT2D eigenvalue weighted by atomic mass is 10.1. The van der Waals surface area contributed by atoms with Gasteiger partial charge >= 0.3 is 6.18 Å². The second-order valence-corrected chi connectivity index (χ2v) is 8.82. The second-order valence-electron chi connectivity index (χ2n) is 8.42. The summed E-state index contributed by atoms with van der Waals surface area (Å²) in [6.07, 6.45) is -2.91. The number of amides is 1. The largest absolute Gasteiger partial charge is 0.416 e. The van der Waals surface area contributed by atoms with Crippen molar-refractivity contribution < 1.29 is 33.7 Å². The summed E-state index contributed by atoms with van der Waals surface area (Å²) in [6.45, 7) is -12.1.